The summed E-state index contributed by atoms with van der Waals surface area (Å²) in [4.78, 5) is 20.8. The van der Waals surface area contributed by atoms with Crippen molar-refractivity contribution >= 4 is 23.0 Å². The third-order valence-electron chi connectivity index (χ3n) is 3.95. The molecule has 0 spiro atoms. The van der Waals surface area contributed by atoms with Crippen LogP contribution >= 0.6 is 0 Å². The van der Waals surface area contributed by atoms with E-state index in [0.717, 1.165) is 11.1 Å². The molecule has 0 N–H and O–H groups in total. The van der Waals surface area contributed by atoms with Gasteiger partial charge >= 0.3 is 0 Å². The first-order valence-electron chi connectivity index (χ1n) is 7.48. The Bertz CT molecular complexity index is 792. The molecule has 0 unspecified atom stereocenters. The summed E-state index contributed by atoms with van der Waals surface area (Å²) in [6, 6.07) is 10.00. The number of para-hydroxylation sites is 2. The van der Waals surface area contributed by atoms with Crippen molar-refractivity contribution in [1.29, 1.82) is 0 Å². The second kappa shape index (κ2) is 5.68. The number of carbonyl (C=O) groups excluding carboxylic acids is 1. The topological polar surface area (TPSA) is 75.4 Å². The quantitative estimate of drug-likeness (QED) is 0.715. The van der Waals surface area contributed by atoms with E-state index in [9.17, 15) is 4.79 Å². The zero-order chi connectivity index (χ0) is 15.6. The van der Waals surface area contributed by atoms with Crippen molar-refractivity contribution in [1.82, 2.24) is 20.1 Å². The van der Waals surface area contributed by atoms with Gasteiger partial charge in [0.2, 0.25) is 0 Å². The maximum atomic E-state index is 12.4. The van der Waals surface area contributed by atoms with Crippen LogP contribution < -0.4 is 4.90 Å². The van der Waals surface area contributed by atoms with Crippen LogP contribution in [-0.2, 0) is 0 Å². The summed E-state index contributed by atoms with van der Waals surface area (Å²) in [5.41, 5.74) is 2.20. The van der Waals surface area contributed by atoms with Crippen molar-refractivity contribution in [2.45, 2.75) is 0 Å². The van der Waals surface area contributed by atoms with E-state index >= 15 is 0 Å². The number of hydrogen-bond donors (Lipinski definition) is 0. The van der Waals surface area contributed by atoms with E-state index in [2.05, 4.69) is 20.1 Å². The average molecular weight is 309 g/mol. The number of nitrogens with zero attached hydrogens (tertiary/aromatic N) is 5. The monoisotopic (exact) mass is 309 g/mol. The summed E-state index contributed by atoms with van der Waals surface area (Å²) in [5.74, 6) is -0.0166. The van der Waals surface area contributed by atoms with Crippen LogP contribution in [-0.4, -0.2) is 52.2 Å². The fourth-order valence-corrected chi connectivity index (χ4v) is 2.70. The Balaban J connectivity index is 1.45. The Morgan fingerprint density at radius 1 is 1.04 bits per heavy atom. The standard InChI is InChI=1S/C16H15N5O2/c22-15(12-5-6-17-18-11-12)20-7-9-21(10-8-20)16-19-13-3-1-2-4-14(13)23-16/h1-6,11H,7-10H2. The molecule has 7 nitrogen and oxygen atoms in total. The molecule has 3 heterocycles. The molecular weight excluding hydrogens is 294 g/mol. The first-order chi connectivity index (χ1) is 11.3. The summed E-state index contributed by atoms with van der Waals surface area (Å²) in [5, 5.41) is 7.45. The Morgan fingerprint density at radius 2 is 1.87 bits per heavy atom. The molecule has 4 rings (SSSR count). The molecule has 1 amide bonds. The summed E-state index contributed by atoms with van der Waals surface area (Å²) in [6.45, 7) is 2.63. The number of anilines is 1. The van der Waals surface area contributed by atoms with Crippen molar-refractivity contribution in [2.24, 2.45) is 0 Å². The number of oxazole rings is 1. The third kappa shape index (κ3) is 2.61. The van der Waals surface area contributed by atoms with Gasteiger partial charge in [0.1, 0.15) is 5.52 Å². The van der Waals surface area contributed by atoms with Gasteiger partial charge in [0.15, 0.2) is 5.58 Å². The fraction of sp³-hybridized carbons (Fsp3) is 0.250. The number of piperazine rings is 1. The molecule has 0 atom stereocenters. The largest absolute Gasteiger partial charge is 0.423 e. The maximum absolute atomic E-state index is 12.4. The highest BCUT2D eigenvalue weighted by Crippen LogP contribution is 2.22. The zero-order valence-electron chi connectivity index (χ0n) is 12.4. The molecular formula is C16H15N5O2. The third-order valence-corrected chi connectivity index (χ3v) is 3.95. The lowest BCUT2D eigenvalue weighted by Crippen LogP contribution is -2.49. The van der Waals surface area contributed by atoms with Gasteiger partial charge in [0.05, 0.1) is 18.0 Å². The van der Waals surface area contributed by atoms with Gasteiger partial charge < -0.3 is 14.2 Å². The summed E-state index contributed by atoms with van der Waals surface area (Å²) in [7, 11) is 0. The van der Waals surface area contributed by atoms with Gasteiger partial charge in [0.25, 0.3) is 11.9 Å². The van der Waals surface area contributed by atoms with Crippen molar-refractivity contribution in [3.8, 4) is 0 Å². The number of amides is 1. The van der Waals surface area contributed by atoms with Gasteiger partial charge in [-0.3, -0.25) is 4.79 Å². The Kier molecular flexibility index (Phi) is 3.38. The van der Waals surface area contributed by atoms with Gasteiger partial charge in [-0.2, -0.15) is 15.2 Å². The van der Waals surface area contributed by atoms with E-state index in [0.29, 0.717) is 37.8 Å². The Hall–Kier alpha value is -2.96. The smallest absolute Gasteiger partial charge is 0.298 e. The predicted octanol–water partition coefficient (Wildman–Crippen LogP) is 1.58. The van der Waals surface area contributed by atoms with Crippen LogP contribution in [0.4, 0.5) is 6.01 Å². The minimum absolute atomic E-state index is 0.0166. The van der Waals surface area contributed by atoms with E-state index in [4.69, 9.17) is 4.42 Å². The normalized spacial score (nSPS) is 15.1. The van der Waals surface area contributed by atoms with E-state index in [1.165, 1.54) is 12.4 Å². The predicted molar refractivity (Wildman–Crippen MR) is 84.2 cm³/mol. The van der Waals surface area contributed by atoms with E-state index < -0.39 is 0 Å². The molecule has 1 aliphatic rings. The lowest BCUT2D eigenvalue weighted by atomic mass is 10.2. The molecule has 0 aliphatic carbocycles. The minimum atomic E-state index is -0.0166. The van der Waals surface area contributed by atoms with Gasteiger partial charge in [0, 0.05) is 26.2 Å². The van der Waals surface area contributed by atoms with Crippen LogP contribution in [0.3, 0.4) is 0 Å². The minimum Gasteiger partial charge on any atom is -0.423 e. The second-order valence-corrected chi connectivity index (χ2v) is 5.37. The highest BCUT2D eigenvalue weighted by atomic mass is 16.4. The van der Waals surface area contributed by atoms with E-state index in [1.54, 1.807) is 6.07 Å². The lowest BCUT2D eigenvalue weighted by molar-refractivity contribution is 0.0744. The summed E-state index contributed by atoms with van der Waals surface area (Å²) >= 11 is 0. The Morgan fingerprint density at radius 3 is 2.61 bits per heavy atom. The van der Waals surface area contributed by atoms with E-state index in [-0.39, 0.29) is 5.91 Å². The molecule has 7 heteroatoms. The molecule has 1 saturated heterocycles. The first-order valence-corrected chi connectivity index (χ1v) is 7.48. The first kappa shape index (κ1) is 13.7. The molecule has 2 aromatic heterocycles. The summed E-state index contributed by atoms with van der Waals surface area (Å²) in [6.07, 6.45) is 3.03. The number of carbonyl (C=O) groups is 1. The SMILES string of the molecule is O=C(c1ccnnc1)N1CCN(c2nc3ccccc3o2)CC1. The maximum Gasteiger partial charge on any atom is 0.298 e. The number of aromatic nitrogens is 3. The number of rotatable bonds is 2. The van der Waals surface area contributed by atoms with E-state index in [1.807, 2.05) is 29.2 Å². The van der Waals surface area contributed by atoms with Crippen molar-refractivity contribution < 1.29 is 9.21 Å². The van der Waals surface area contributed by atoms with Crippen LogP contribution in [0, 0.1) is 0 Å². The number of benzene rings is 1. The molecule has 116 valence electrons. The lowest BCUT2D eigenvalue weighted by Gasteiger charge is -2.33. The second-order valence-electron chi connectivity index (χ2n) is 5.37. The van der Waals surface area contributed by atoms with Crippen LogP contribution in [0.1, 0.15) is 10.4 Å². The van der Waals surface area contributed by atoms with Gasteiger partial charge in [-0.25, -0.2) is 0 Å². The molecule has 0 saturated carbocycles. The van der Waals surface area contributed by atoms with Crippen LogP contribution in [0.15, 0.2) is 47.1 Å². The van der Waals surface area contributed by atoms with Gasteiger partial charge in [-0.05, 0) is 18.2 Å². The molecule has 0 bridgehead atoms. The molecule has 23 heavy (non-hydrogen) atoms. The van der Waals surface area contributed by atoms with Gasteiger partial charge in [-0.1, -0.05) is 12.1 Å². The van der Waals surface area contributed by atoms with Gasteiger partial charge in [-0.15, -0.1) is 0 Å². The van der Waals surface area contributed by atoms with Crippen molar-refractivity contribution in [2.75, 3.05) is 31.1 Å². The van der Waals surface area contributed by atoms with Crippen LogP contribution in [0.2, 0.25) is 0 Å². The van der Waals surface area contributed by atoms with Crippen LogP contribution in [0.5, 0.6) is 0 Å². The molecule has 1 aromatic carbocycles. The molecule has 1 aliphatic heterocycles. The average Bonchev–Trinajstić information content (AvgIpc) is 3.06. The highest BCUT2D eigenvalue weighted by Gasteiger charge is 2.24. The fourth-order valence-electron chi connectivity index (χ4n) is 2.70. The highest BCUT2D eigenvalue weighted by molar-refractivity contribution is 5.93. The molecule has 0 radical (unpaired) electrons. The number of hydrogen-bond acceptors (Lipinski definition) is 6. The summed E-state index contributed by atoms with van der Waals surface area (Å²) < 4.78 is 5.78. The molecule has 3 aromatic rings. The molecule has 1 fully saturated rings. The Labute approximate surface area is 132 Å². The number of fused-ring (bicyclic) bond motifs is 1. The van der Waals surface area contributed by atoms with Crippen molar-refractivity contribution in [3.63, 3.8) is 0 Å². The van der Waals surface area contributed by atoms with Crippen molar-refractivity contribution in [3.05, 3.63) is 48.3 Å². The van der Waals surface area contributed by atoms with Crippen LogP contribution in [0.25, 0.3) is 11.1 Å². The zero-order valence-corrected chi connectivity index (χ0v) is 12.4.